The van der Waals surface area contributed by atoms with Crippen molar-refractivity contribution in [1.82, 2.24) is 4.90 Å². The van der Waals surface area contributed by atoms with Crippen molar-refractivity contribution in [2.75, 3.05) is 32.9 Å². The molecule has 4 heteroatoms. The number of nitrogens with zero attached hydrogens (tertiary/aromatic N) is 1. The standard InChI is InChI=1S/C13H16FNO2/c14-11-2-1-10-7-12(9-17-13(10)8-11)15-3-5-16-6-4-15/h1-2,8,12H,3-7,9H2/t12-/m1/s1. The number of rotatable bonds is 1. The van der Waals surface area contributed by atoms with E-state index in [1.165, 1.54) is 12.1 Å². The van der Waals surface area contributed by atoms with Crippen molar-refractivity contribution in [3.63, 3.8) is 0 Å². The zero-order valence-electron chi connectivity index (χ0n) is 9.69. The van der Waals surface area contributed by atoms with E-state index in [2.05, 4.69) is 4.90 Å². The molecule has 0 N–H and O–H groups in total. The lowest BCUT2D eigenvalue weighted by Gasteiger charge is -2.37. The average molecular weight is 237 g/mol. The smallest absolute Gasteiger partial charge is 0.126 e. The molecule has 0 radical (unpaired) electrons. The molecule has 3 nitrogen and oxygen atoms in total. The lowest BCUT2D eigenvalue weighted by atomic mass is 10.0. The number of fused-ring (bicyclic) bond motifs is 1. The molecule has 0 amide bonds. The molecule has 1 saturated heterocycles. The highest BCUT2D eigenvalue weighted by molar-refractivity contribution is 5.36. The van der Waals surface area contributed by atoms with Crippen LogP contribution in [0.15, 0.2) is 18.2 Å². The summed E-state index contributed by atoms with van der Waals surface area (Å²) < 4.78 is 24.0. The van der Waals surface area contributed by atoms with Crippen molar-refractivity contribution in [2.24, 2.45) is 0 Å². The van der Waals surface area contributed by atoms with E-state index >= 15 is 0 Å². The molecule has 3 rings (SSSR count). The van der Waals surface area contributed by atoms with E-state index in [1.54, 1.807) is 0 Å². The maximum Gasteiger partial charge on any atom is 0.126 e. The Balaban J connectivity index is 1.73. The molecule has 0 bridgehead atoms. The van der Waals surface area contributed by atoms with Crippen molar-refractivity contribution in [3.05, 3.63) is 29.6 Å². The second-order valence-corrected chi connectivity index (χ2v) is 4.57. The van der Waals surface area contributed by atoms with Crippen LogP contribution in [0, 0.1) is 5.82 Å². The number of ether oxygens (including phenoxy) is 2. The third kappa shape index (κ3) is 2.28. The highest BCUT2D eigenvalue weighted by atomic mass is 19.1. The molecule has 1 fully saturated rings. The van der Waals surface area contributed by atoms with E-state index in [9.17, 15) is 4.39 Å². The lowest BCUT2D eigenvalue weighted by molar-refractivity contribution is 0.00243. The molecule has 0 saturated carbocycles. The zero-order valence-corrected chi connectivity index (χ0v) is 9.69. The van der Waals surface area contributed by atoms with Gasteiger partial charge in [-0.25, -0.2) is 4.39 Å². The number of halogens is 1. The summed E-state index contributed by atoms with van der Waals surface area (Å²) in [6, 6.07) is 5.21. The van der Waals surface area contributed by atoms with Gasteiger partial charge in [-0.2, -0.15) is 0 Å². The first kappa shape index (κ1) is 11.0. The summed E-state index contributed by atoms with van der Waals surface area (Å²) in [5, 5.41) is 0. The van der Waals surface area contributed by atoms with E-state index in [-0.39, 0.29) is 5.82 Å². The Kier molecular flexibility index (Phi) is 2.99. The molecule has 17 heavy (non-hydrogen) atoms. The van der Waals surface area contributed by atoms with Gasteiger partial charge in [-0.05, 0) is 18.1 Å². The maximum absolute atomic E-state index is 13.0. The van der Waals surface area contributed by atoms with Crippen molar-refractivity contribution in [1.29, 1.82) is 0 Å². The van der Waals surface area contributed by atoms with E-state index < -0.39 is 0 Å². The highest BCUT2D eigenvalue weighted by Crippen LogP contribution is 2.27. The predicted octanol–water partition coefficient (Wildman–Crippen LogP) is 1.46. The summed E-state index contributed by atoms with van der Waals surface area (Å²) >= 11 is 0. The van der Waals surface area contributed by atoms with Crippen LogP contribution in [0.3, 0.4) is 0 Å². The van der Waals surface area contributed by atoms with Gasteiger partial charge in [-0.15, -0.1) is 0 Å². The van der Waals surface area contributed by atoms with Crippen LogP contribution in [0.1, 0.15) is 5.56 Å². The van der Waals surface area contributed by atoms with Crippen LogP contribution in [-0.4, -0.2) is 43.9 Å². The third-order valence-electron chi connectivity index (χ3n) is 3.48. The van der Waals surface area contributed by atoms with E-state index in [0.717, 1.165) is 38.3 Å². The Morgan fingerprint density at radius 1 is 1.24 bits per heavy atom. The number of benzene rings is 1. The van der Waals surface area contributed by atoms with Crippen molar-refractivity contribution >= 4 is 0 Å². The van der Waals surface area contributed by atoms with E-state index in [0.29, 0.717) is 18.4 Å². The van der Waals surface area contributed by atoms with Gasteiger partial charge in [0.05, 0.1) is 13.2 Å². The summed E-state index contributed by atoms with van der Waals surface area (Å²) in [6.45, 7) is 4.17. The van der Waals surface area contributed by atoms with Gasteiger partial charge >= 0.3 is 0 Å². The topological polar surface area (TPSA) is 21.7 Å². The monoisotopic (exact) mass is 237 g/mol. The Bertz CT molecular complexity index is 404. The first-order valence-corrected chi connectivity index (χ1v) is 6.06. The fourth-order valence-electron chi connectivity index (χ4n) is 2.51. The Morgan fingerprint density at radius 2 is 2.06 bits per heavy atom. The van der Waals surface area contributed by atoms with Gasteiger partial charge in [0.2, 0.25) is 0 Å². The van der Waals surface area contributed by atoms with Gasteiger partial charge in [0, 0.05) is 25.2 Å². The van der Waals surface area contributed by atoms with Crippen LogP contribution in [0.25, 0.3) is 0 Å². The van der Waals surface area contributed by atoms with Crippen LogP contribution in [-0.2, 0) is 11.2 Å². The lowest BCUT2D eigenvalue weighted by Crippen LogP contribution is -2.48. The van der Waals surface area contributed by atoms with Gasteiger partial charge < -0.3 is 9.47 Å². The molecular formula is C13H16FNO2. The maximum atomic E-state index is 13.0. The highest BCUT2D eigenvalue weighted by Gasteiger charge is 2.26. The molecule has 1 atom stereocenters. The van der Waals surface area contributed by atoms with Crippen LogP contribution in [0.5, 0.6) is 5.75 Å². The number of morpholine rings is 1. The van der Waals surface area contributed by atoms with Gasteiger partial charge in [0.25, 0.3) is 0 Å². The fraction of sp³-hybridized carbons (Fsp3) is 0.538. The Labute approximate surface area is 100 Å². The summed E-state index contributed by atoms with van der Waals surface area (Å²) in [4.78, 5) is 2.40. The SMILES string of the molecule is Fc1ccc2c(c1)OC[C@H](N1CCOCC1)C2. The minimum absolute atomic E-state index is 0.228. The van der Waals surface area contributed by atoms with E-state index in [1.807, 2.05) is 6.07 Å². The van der Waals surface area contributed by atoms with Crippen LogP contribution >= 0.6 is 0 Å². The molecule has 0 aliphatic carbocycles. The first-order chi connectivity index (χ1) is 8.33. The summed E-state index contributed by atoms with van der Waals surface area (Å²) in [5.41, 5.74) is 1.11. The molecule has 2 aliphatic rings. The molecule has 2 heterocycles. The van der Waals surface area contributed by atoms with Gasteiger partial charge in [0.15, 0.2) is 0 Å². The van der Waals surface area contributed by atoms with Crippen LogP contribution < -0.4 is 4.74 Å². The second-order valence-electron chi connectivity index (χ2n) is 4.57. The van der Waals surface area contributed by atoms with Crippen molar-refractivity contribution in [2.45, 2.75) is 12.5 Å². The Morgan fingerprint density at radius 3 is 2.88 bits per heavy atom. The molecule has 0 spiro atoms. The average Bonchev–Trinajstić information content (AvgIpc) is 2.39. The number of hydrogen-bond acceptors (Lipinski definition) is 3. The van der Waals surface area contributed by atoms with Crippen LogP contribution in [0.2, 0.25) is 0 Å². The molecule has 1 aromatic carbocycles. The van der Waals surface area contributed by atoms with E-state index in [4.69, 9.17) is 9.47 Å². The van der Waals surface area contributed by atoms with Crippen molar-refractivity contribution in [3.8, 4) is 5.75 Å². The second kappa shape index (κ2) is 4.63. The summed E-state index contributed by atoms with van der Waals surface area (Å²) in [7, 11) is 0. The Hall–Kier alpha value is -1.13. The fourth-order valence-corrected chi connectivity index (χ4v) is 2.51. The van der Waals surface area contributed by atoms with Crippen LogP contribution in [0.4, 0.5) is 4.39 Å². The first-order valence-electron chi connectivity index (χ1n) is 6.06. The molecule has 2 aliphatic heterocycles. The minimum Gasteiger partial charge on any atom is -0.492 e. The third-order valence-corrected chi connectivity index (χ3v) is 3.48. The molecular weight excluding hydrogens is 221 g/mol. The quantitative estimate of drug-likeness (QED) is 0.738. The van der Waals surface area contributed by atoms with Crippen molar-refractivity contribution < 1.29 is 13.9 Å². The summed E-state index contributed by atoms with van der Waals surface area (Å²) in [5.74, 6) is 0.475. The molecule has 1 aromatic rings. The van der Waals surface area contributed by atoms with Gasteiger partial charge in [0.1, 0.15) is 18.2 Å². The number of hydrogen-bond donors (Lipinski definition) is 0. The zero-order chi connectivity index (χ0) is 11.7. The minimum atomic E-state index is -0.228. The van der Waals surface area contributed by atoms with Gasteiger partial charge in [-0.1, -0.05) is 6.07 Å². The normalized spacial score (nSPS) is 25.1. The predicted molar refractivity (Wildman–Crippen MR) is 61.8 cm³/mol. The molecule has 0 unspecified atom stereocenters. The molecule has 92 valence electrons. The van der Waals surface area contributed by atoms with Gasteiger partial charge in [-0.3, -0.25) is 4.90 Å². The largest absolute Gasteiger partial charge is 0.492 e. The molecule has 0 aromatic heterocycles. The summed E-state index contributed by atoms with van der Waals surface area (Å²) in [6.07, 6.45) is 0.940.